The molecule has 7 heteroatoms. The number of carbonyl (C=O) groups is 2. The number of carboxylic acid groups (broad SMARTS) is 1. The Labute approximate surface area is 127 Å². The average molecular weight is 319 g/mol. The highest BCUT2D eigenvalue weighted by molar-refractivity contribution is 6.42. The normalized spacial score (nSPS) is 11.8. The predicted molar refractivity (Wildman–Crippen MR) is 79.5 cm³/mol. The predicted octanol–water partition coefficient (Wildman–Crippen LogP) is 3.62. The molecule has 0 spiro atoms. The van der Waals surface area contributed by atoms with E-state index in [9.17, 15) is 9.59 Å². The zero-order valence-electron chi connectivity index (χ0n) is 11.0. The van der Waals surface area contributed by atoms with Gasteiger partial charge in [0.05, 0.1) is 10.0 Å². The summed E-state index contributed by atoms with van der Waals surface area (Å²) in [7, 11) is 0. The molecule has 2 amide bonds. The fourth-order valence-electron chi connectivity index (χ4n) is 1.49. The molecule has 0 aromatic heterocycles. The molecule has 1 unspecified atom stereocenters. The molecule has 1 atom stereocenters. The number of halogens is 2. The first kappa shape index (κ1) is 16.6. The van der Waals surface area contributed by atoms with Crippen LogP contribution in [0.5, 0.6) is 0 Å². The lowest BCUT2D eigenvalue weighted by Gasteiger charge is -2.12. The summed E-state index contributed by atoms with van der Waals surface area (Å²) in [6.07, 6.45) is 0.611. The van der Waals surface area contributed by atoms with E-state index in [0.29, 0.717) is 28.7 Å². The molecule has 110 valence electrons. The second kappa shape index (κ2) is 7.97. The maximum Gasteiger partial charge on any atom is 0.319 e. The summed E-state index contributed by atoms with van der Waals surface area (Å²) in [5, 5.41) is 14.6. The number of urea groups is 1. The van der Waals surface area contributed by atoms with Crippen LogP contribution in [0.15, 0.2) is 18.2 Å². The summed E-state index contributed by atoms with van der Waals surface area (Å²) in [4.78, 5) is 22.1. The van der Waals surface area contributed by atoms with Crippen LogP contribution in [-0.2, 0) is 4.79 Å². The summed E-state index contributed by atoms with van der Waals surface area (Å²) in [5.74, 6) is -0.747. The van der Waals surface area contributed by atoms with Gasteiger partial charge in [-0.1, -0.05) is 30.1 Å². The zero-order chi connectivity index (χ0) is 15.1. The lowest BCUT2D eigenvalue weighted by molar-refractivity contribution is -0.137. The van der Waals surface area contributed by atoms with Gasteiger partial charge in [-0.3, -0.25) is 4.79 Å². The van der Waals surface area contributed by atoms with Gasteiger partial charge in [-0.05, 0) is 30.5 Å². The summed E-state index contributed by atoms with van der Waals surface area (Å²) in [6.45, 7) is 2.28. The number of nitrogens with one attached hydrogen (secondary N) is 2. The number of rotatable bonds is 6. The summed E-state index contributed by atoms with van der Waals surface area (Å²) >= 11 is 11.6. The smallest absolute Gasteiger partial charge is 0.319 e. The number of anilines is 1. The Balaban J connectivity index is 2.36. The van der Waals surface area contributed by atoms with Crippen LogP contribution in [0, 0.1) is 5.92 Å². The molecular weight excluding hydrogens is 303 g/mol. The molecule has 0 aliphatic heterocycles. The number of benzene rings is 1. The Morgan fingerprint density at radius 1 is 1.30 bits per heavy atom. The second-order valence-corrected chi connectivity index (χ2v) is 5.32. The molecule has 3 N–H and O–H groups in total. The average Bonchev–Trinajstić information content (AvgIpc) is 2.38. The van der Waals surface area contributed by atoms with Crippen molar-refractivity contribution in [1.82, 2.24) is 5.32 Å². The Hall–Kier alpha value is -1.46. The minimum Gasteiger partial charge on any atom is -0.481 e. The van der Waals surface area contributed by atoms with Gasteiger partial charge in [0.15, 0.2) is 0 Å². The number of aliphatic carboxylic acids is 1. The van der Waals surface area contributed by atoms with Crippen molar-refractivity contribution in [3.05, 3.63) is 28.2 Å². The van der Waals surface area contributed by atoms with Gasteiger partial charge in [0.25, 0.3) is 0 Å². The van der Waals surface area contributed by atoms with Gasteiger partial charge in [-0.15, -0.1) is 0 Å². The standard InChI is InChI=1S/C13H16Cl2N2O3/c1-8(2-5-12(18)19)7-16-13(20)17-9-3-4-10(14)11(15)6-9/h3-4,6,8H,2,5,7H2,1H3,(H,18,19)(H2,16,17,20). The highest BCUT2D eigenvalue weighted by atomic mass is 35.5. The van der Waals surface area contributed by atoms with Crippen molar-refractivity contribution in [1.29, 1.82) is 0 Å². The van der Waals surface area contributed by atoms with Gasteiger partial charge in [0.1, 0.15) is 0 Å². The maximum atomic E-state index is 11.6. The van der Waals surface area contributed by atoms with Gasteiger partial charge in [0, 0.05) is 18.7 Å². The number of carbonyl (C=O) groups excluding carboxylic acids is 1. The number of amides is 2. The van der Waals surface area contributed by atoms with Gasteiger partial charge in [0.2, 0.25) is 0 Å². The van der Waals surface area contributed by atoms with Crippen molar-refractivity contribution >= 4 is 40.9 Å². The Bertz CT molecular complexity index is 495. The molecule has 0 aliphatic rings. The van der Waals surface area contributed by atoms with E-state index in [-0.39, 0.29) is 18.4 Å². The van der Waals surface area contributed by atoms with Crippen LogP contribution < -0.4 is 10.6 Å². The summed E-state index contributed by atoms with van der Waals surface area (Å²) in [5.41, 5.74) is 0.537. The van der Waals surface area contributed by atoms with Crippen molar-refractivity contribution in [2.45, 2.75) is 19.8 Å². The van der Waals surface area contributed by atoms with Crippen molar-refractivity contribution in [2.75, 3.05) is 11.9 Å². The van der Waals surface area contributed by atoms with Crippen molar-refractivity contribution in [2.24, 2.45) is 5.92 Å². The Morgan fingerprint density at radius 3 is 2.60 bits per heavy atom. The van der Waals surface area contributed by atoms with Gasteiger partial charge in [-0.25, -0.2) is 4.79 Å². The summed E-state index contributed by atoms with van der Waals surface area (Å²) in [6, 6.07) is 4.42. The quantitative estimate of drug-likeness (QED) is 0.749. The minimum atomic E-state index is -0.836. The second-order valence-electron chi connectivity index (χ2n) is 4.50. The van der Waals surface area contributed by atoms with Gasteiger partial charge < -0.3 is 15.7 Å². The molecule has 0 heterocycles. The van der Waals surface area contributed by atoms with Crippen LogP contribution in [0.3, 0.4) is 0 Å². The SMILES string of the molecule is CC(CCC(=O)O)CNC(=O)Nc1ccc(Cl)c(Cl)c1. The number of carboxylic acids is 1. The van der Waals surface area contributed by atoms with Crippen molar-refractivity contribution < 1.29 is 14.7 Å². The fourth-order valence-corrected chi connectivity index (χ4v) is 1.79. The van der Waals surface area contributed by atoms with E-state index >= 15 is 0 Å². The lowest BCUT2D eigenvalue weighted by Crippen LogP contribution is -2.32. The third-order valence-corrected chi connectivity index (χ3v) is 3.38. The van der Waals surface area contributed by atoms with Gasteiger partial charge >= 0.3 is 12.0 Å². The zero-order valence-corrected chi connectivity index (χ0v) is 12.5. The highest BCUT2D eigenvalue weighted by Crippen LogP contribution is 2.24. The largest absolute Gasteiger partial charge is 0.481 e. The molecular formula is C13H16Cl2N2O3. The fraction of sp³-hybridized carbons (Fsp3) is 0.385. The molecule has 0 bridgehead atoms. The van der Waals surface area contributed by atoms with E-state index in [1.54, 1.807) is 18.2 Å². The topological polar surface area (TPSA) is 78.4 Å². The Kier molecular flexibility index (Phi) is 6.61. The minimum absolute atomic E-state index is 0.0886. The van der Waals surface area contributed by atoms with E-state index in [1.165, 1.54) is 0 Å². The lowest BCUT2D eigenvalue weighted by atomic mass is 10.1. The first-order valence-corrected chi connectivity index (χ1v) is 6.85. The first-order chi connectivity index (χ1) is 9.38. The van der Waals surface area contributed by atoms with E-state index in [1.807, 2.05) is 6.92 Å². The van der Waals surface area contributed by atoms with Crippen LogP contribution in [-0.4, -0.2) is 23.7 Å². The number of hydrogen-bond donors (Lipinski definition) is 3. The molecule has 5 nitrogen and oxygen atoms in total. The van der Waals surface area contributed by atoms with E-state index in [4.69, 9.17) is 28.3 Å². The van der Waals surface area contributed by atoms with E-state index in [2.05, 4.69) is 10.6 Å². The van der Waals surface area contributed by atoms with E-state index in [0.717, 1.165) is 0 Å². The molecule has 0 fully saturated rings. The monoisotopic (exact) mass is 318 g/mol. The third kappa shape index (κ3) is 6.12. The highest BCUT2D eigenvalue weighted by Gasteiger charge is 2.08. The molecule has 1 rings (SSSR count). The van der Waals surface area contributed by atoms with Crippen molar-refractivity contribution in [3.8, 4) is 0 Å². The molecule has 0 radical (unpaired) electrons. The van der Waals surface area contributed by atoms with Gasteiger partial charge in [-0.2, -0.15) is 0 Å². The third-order valence-electron chi connectivity index (χ3n) is 2.64. The van der Waals surface area contributed by atoms with E-state index < -0.39 is 5.97 Å². The Morgan fingerprint density at radius 2 is 2.00 bits per heavy atom. The molecule has 1 aromatic rings. The van der Waals surface area contributed by atoms with Crippen LogP contribution in [0.25, 0.3) is 0 Å². The molecule has 0 aliphatic carbocycles. The first-order valence-electron chi connectivity index (χ1n) is 6.10. The molecule has 1 aromatic carbocycles. The number of hydrogen-bond acceptors (Lipinski definition) is 2. The van der Waals surface area contributed by atoms with Crippen LogP contribution in [0.4, 0.5) is 10.5 Å². The molecule has 20 heavy (non-hydrogen) atoms. The molecule has 0 saturated heterocycles. The maximum absolute atomic E-state index is 11.6. The van der Waals surface area contributed by atoms with Crippen molar-refractivity contribution in [3.63, 3.8) is 0 Å². The summed E-state index contributed by atoms with van der Waals surface area (Å²) < 4.78 is 0. The van der Waals surface area contributed by atoms with Crippen LogP contribution >= 0.6 is 23.2 Å². The molecule has 0 saturated carbocycles. The van der Waals surface area contributed by atoms with Crippen LogP contribution in [0.2, 0.25) is 10.0 Å². The van der Waals surface area contributed by atoms with Crippen LogP contribution in [0.1, 0.15) is 19.8 Å².